The van der Waals surface area contributed by atoms with Crippen LogP contribution in [0.25, 0.3) is 0 Å². The quantitative estimate of drug-likeness (QED) is 0.751. The van der Waals surface area contributed by atoms with Crippen molar-refractivity contribution < 1.29 is 17.9 Å². The number of benzene rings is 1. The number of fused-ring (bicyclic) bond motifs is 1. The first-order valence-corrected chi connectivity index (χ1v) is 11.8. The number of rotatable bonds is 5. The Morgan fingerprint density at radius 2 is 1.87 bits per heavy atom. The summed E-state index contributed by atoms with van der Waals surface area (Å²) in [4.78, 5) is 24.8. The van der Waals surface area contributed by atoms with Crippen LogP contribution < -0.4 is 10.9 Å². The highest BCUT2D eigenvalue weighted by Crippen LogP contribution is 2.26. The van der Waals surface area contributed by atoms with Gasteiger partial charge in [0.1, 0.15) is 6.54 Å². The summed E-state index contributed by atoms with van der Waals surface area (Å²) in [6.45, 7) is 5.11. The molecule has 1 saturated heterocycles. The molecule has 3 heterocycles. The molecule has 0 aliphatic carbocycles. The number of anilines is 1. The van der Waals surface area contributed by atoms with Crippen LogP contribution in [0.4, 0.5) is 5.69 Å². The van der Waals surface area contributed by atoms with Gasteiger partial charge in [0.05, 0.1) is 23.3 Å². The van der Waals surface area contributed by atoms with Crippen molar-refractivity contribution in [2.24, 2.45) is 5.92 Å². The molecule has 1 amide bonds. The van der Waals surface area contributed by atoms with Gasteiger partial charge in [-0.25, -0.2) is 13.1 Å². The van der Waals surface area contributed by atoms with Crippen LogP contribution in [-0.4, -0.2) is 41.5 Å². The third kappa shape index (κ3) is 4.56. The van der Waals surface area contributed by atoms with E-state index in [-0.39, 0.29) is 23.1 Å². The number of carbonyl (C=O) groups is 1. The van der Waals surface area contributed by atoms with Gasteiger partial charge in [0.15, 0.2) is 0 Å². The number of aromatic nitrogens is 2. The van der Waals surface area contributed by atoms with Crippen LogP contribution in [-0.2, 0) is 32.7 Å². The lowest BCUT2D eigenvalue weighted by Gasteiger charge is -2.29. The van der Waals surface area contributed by atoms with Crippen molar-refractivity contribution >= 4 is 21.6 Å². The summed E-state index contributed by atoms with van der Waals surface area (Å²) in [6.07, 6.45) is 1.49. The Kier molecular flexibility index (Phi) is 5.96. The van der Waals surface area contributed by atoms with Crippen molar-refractivity contribution in [1.82, 2.24) is 14.1 Å². The van der Waals surface area contributed by atoms with Crippen molar-refractivity contribution in [1.29, 1.82) is 0 Å². The van der Waals surface area contributed by atoms with Gasteiger partial charge in [-0.1, -0.05) is 6.92 Å². The van der Waals surface area contributed by atoms with Gasteiger partial charge < -0.3 is 10.1 Å². The number of piperidine rings is 1. The SMILES string of the molecule is CC1CCN(S(=O)(=O)c2ccc(NC(=O)Cn3nc4c(cc3=O)COC4C)cc2)CC1. The van der Waals surface area contributed by atoms with Gasteiger partial charge in [-0.05, 0) is 49.9 Å². The van der Waals surface area contributed by atoms with Crippen molar-refractivity contribution in [3.05, 3.63) is 51.9 Å². The number of ether oxygens (including phenoxy) is 1. The molecule has 1 fully saturated rings. The lowest BCUT2D eigenvalue weighted by molar-refractivity contribution is -0.117. The molecule has 166 valence electrons. The third-order valence-electron chi connectivity index (χ3n) is 5.80. The van der Waals surface area contributed by atoms with E-state index in [0.29, 0.717) is 37.0 Å². The maximum atomic E-state index is 12.8. The number of nitrogens with one attached hydrogen (secondary N) is 1. The van der Waals surface area contributed by atoms with Gasteiger partial charge in [-0.15, -0.1) is 0 Å². The number of sulfonamides is 1. The molecular weight excluding hydrogens is 420 g/mol. The van der Waals surface area contributed by atoms with E-state index < -0.39 is 15.9 Å². The summed E-state index contributed by atoms with van der Waals surface area (Å²) >= 11 is 0. The molecule has 9 nitrogen and oxygen atoms in total. The van der Waals surface area contributed by atoms with E-state index in [1.54, 1.807) is 12.1 Å². The molecule has 1 atom stereocenters. The van der Waals surface area contributed by atoms with Gasteiger partial charge in [0.2, 0.25) is 15.9 Å². The van der Waals surface area contributed by atoms with Crippen LogP contribution in [0.3, 0.4) is 0 Å². The Labute approximate surface area is 181 Å². The number of carbonyl (C=O) groups excluding carboxylic acids is 1. The molecule has 4 rings (SSSR count). The molecule has 31 heavy (non-hydrogen) atoms. The third-order valence-corrected chi connectivity index (χ3v) is 7.71. The van der Waals surface area contributed by atoms with E-state index in [0.717, 1.165) is 23.1 Å². The molecule has 10 heteroatoms. The van der Waals surface area contributed by atoms with Crippen LogP contribution in [0, 0.1) is 5.92 Å². The average molecular weight is 447 g/mol. The van der Waals surface area contributed by atoms with Crippen molar-refractivity contribution in [3.8, 4) is 0 Å². The van der Waals surface area contributed by atoms with E-state index in [4.69, 9.17) is 4.74 Å². The van der Waals surface area contributed by atoms with E-state index in [1.165, 1.54) is 22.5 Å². The first-order chi connectivity index (χ1) is 14.7. The molecule has 1 unspecified atom stereocenters. The van der Waals surface area contributed by atoms with Crippen molar-refractivity contribution in [2.45, 2.75) is 50.8 Å². The Balaban J connectivity index is 1.42. The van der Waals surface area contributed by atoms with Crippen LogP contribution in [0.1, 0.15) is 44.1 Å². The topological polar surface area (TPSA) is 111 Å². The molecule has 1 N–H and O–H groups in total. The van der Waals surface area contributed by atoms with Gasteiger partial charge in [-0.3, -0.25) is 9.59 Å². The molecule has 1 aromatic carbocycles. The fraction of sp³-hybridized carbons (Fsp3) is 0.476. The van der Waals surface area contributed by atoms with Crippen molar-refractivity contribution in [2.75, 3.05) is 18.4 Å². The molecular formula is C21H26N4O5S. The second kappa shape index (κ2) is 8.52. The lowest BCUT2D eigenvalue weighted by atomic mass is 10.0. The molecule has 2 aliphatic heterocycles. The van der Waals surface area contributed by atoms with Gasteiger partial charge in [0.25, 0.3) is 5.56 Å². The maximum absolute atomic E-state index is 12.8. The fourth-order valence-electron chi connectivity index (χ4n) is 3.83. The minimum absolute atomic E-state index is 0.200. The van der Waals surface area contributed by atoms with E-state index in [9.17, 15) is 18.0 Å². The van der Waals surface area contributed by atoms with E-state index >= 15 is 0 Å². The monoisotopic (exact) mass is 446 g/mol. The normalized spacial score (nSPS) is 19.9. The second-order valence-corrected chi connectivity index (χ2v) is 10.1. The predicted octanol–water partition coefficient (Wildman–Crippen LogP) is 1.89. The number of hydrogen-bond donors (Lipinski definition) is 1. The zero-order chi connectivity index (χ0) is 22.2. The second-order valence-electron chi connectivity index (χ2n) is 8.16. The maximum Gasteiger partial charge on any atom is 0.267 e. The molecule has 0 bridgehead atoms. The highest BCUT2D eigenvalue weighted by molar-refractivity contribution is 7.89. The van der Waals surface area contributed by atoms with Crippen LogP contribution in [0.5, 0.6) is 0 Å². The largest absolute Gasteiger partial charge is 0.367 e. The van der Waals surface area contributed by atoms with Gasteiger partial charge in [0, 0.05) is 30.4 Å². The molecule has 2 aromatic rings. The molecule has 1 aromatic heterocycles. The van der Waals surface area contributed by atoms with Gasteiger partial charge in [-0.2, -0.15) is 9.40 Å². The summed E-state index contributed by atoms with van der Waals surface area (Å²) in [6, 6.07) is 7.52. The Bertz CT molecular complexity index is 1140. The summed E-state index contributed by atoms with van der Waals surface area (Å²) in [5.74, 6) is 0.106. The summed E-state index contributed by atoms with van der Waals surface area (Å²) < 4.78 is 33.7. The van der Waals surface area contributed by atoms with E-state index in [1.807, 2.05) is 6.92 Å². The standard InChI is InChI=1S/C21H26N4O5S/c1-14-7-9-24(10-8-14)31(28,29)18-5-3-17(4-6-18)22-19(26)12-25-20(27)11-16-13-30-15(2)21(16)23-25/h3-6,11,14-15H,7-10,12-13H2,1-2H3,(H,22,26). The fourth-order valence-corrected chi connectivity index (χ4v) is 5.30. The lowest BCUT2D eigenvalue weighted by Crippen LogP contribution is -2.37. The zero-order valence-electron chi connectivity index (χ0n) is 17.6. The molecule has 0 radical (unpaired) electrons. The average Bonchev–Trinajstić information content (AvgIpc) is 3.08. The Morgan fingerprint density at radius 1 is 1.19 bits per heavy atom. The molecule has 0 saturated carbocycles. The van der Waals surface area contributed by atoms with Crippen molar-refractivity contribution in [3.63, 3.8) is 0 Å². The first kappa shape index (κ1) is 21.7. The highest BCUT2D eigenvalue weighted by Gasteiger charge is 2.28. The highest BCUT2D eigenvalue weighted by atomic mass is 32.2. The molecule has 2 aliphatic rings. The zero-order valence-corrected chi connectivity index (χ0v) is 18.4. The minimum atomic E-state index is -3.54. The van der Waals surface area contributed by atoms with Crippen LogP contribution in [0.15, 0.2) is 40.0 Å². The summed E-state index contributed by atoms with van der Waals surface area (Å²) in [5.41, 5.74) is 1.48. The van der Waals surface area contributed by atoms with E-state index in [2.05, 4.69) is 17.3 Å². The minimum Gasteiger partial charge on any atom is -0.367 e. The summed E-state index contributed by atoms with van der Waals surface area (Å²) in [7, 11) is -3.54. The van der Waals surface area contributed by atoms with Crippen LogP contribution in [0.2, 0.25) is 0 Å². The Hall–Kier alpha value is -2.56. The smallest absolute Gasteiger partial charge is 0.267 e. The summed E-state index contributed by atoms with van der Waals surface area (Å²) in [5, 5.41) is 6.93. The Morgan fingerprint density at radius 3 is 2.55 bits per heavy atom. The predicted molar refractivity (Wildman–Crippen MR) is 114 cm³/mol. The number of nitrogens with zero attached hydrogens (tertiary/aromatic N) is 3. The first-order valence-electron chi connectivity index (χ1n) is 10.4. The molecule has 0 spiro atoms. The van der Waals surface area contributed by atoms with Crippen LogP contribution >= 0.6 is 0 Å². The number of amides is 1. The number of hydrogen-bond acceptors (Lipinski definition) is 6. The van der Waals surface area contributed by atoms with Gasteiger partial charge >= 0.3 is 0 Å².